The standard InChI is InChI=1S/C35H35N5O10S3/c1-21(41)49-19-24-20-52-32-35(2,31(51)40(32)27(24)30(43)50-28(22-11-6-4-7-12-22)23-13-8-5-9-14-23)37-29(42)26(25-15-10-18-48-25)36-33(44)38-16-17-39(34(38)45)53(3,46)47/h4-15,18,26,28,32H,16-17,19-20H2,1-3H3,(H,36,44)(H,37,42)/t26?,32-,35+/m0/s1. The Morgan fingerprint density at radius 1 is 1.02 bits per heavy atom. The highest BCUT2D eigenvalue weighted by Crippen LogP contribution is 2.48. The van der Waals surface area contributed by atoms with E-state index in [1.165, 1.54) is 37.1 Å². The first-order valence-corrected chi connectivity index (χ1v) is 19.6. The molecule has 3 aliphatic heterocycles. The molecule has 4 heterocycles. The molecule has 53 heavy (non-hydrogen) atoms. The summed E-state index contributed by atoms with van der Waals surface area (Å²) in [5.41, 5.74) is 0.748. The molecule has 6 rings (SSSR count). The Labute approximate surface area is 314 Å². The summed E-state index contributed by atoms with van der Waals surface area (Å²) in [5, 5.41) is 4.75. The Balaban J connectivity index is 1.25. The lowest BCUT2D eigenvalue weighted by atomic mass is 9.88. The number of furan rings is 1. The maximum Gasteiger partial charge on any atom is 0.356 e. The number of benzene rings is 2. The second kappa shape index (κ2) is 15.0. The molecule has 2 saturated heterocycles. The monoisotopic (exact) mass is 781 g/mol. The quantitative estimate of drug-likeness (QED) is 0.213. The van der Waals surface area contributed by atoms with Gasteiger partial charge in [-0.1, -0.05) is 72.9 Å². The number of nitrogens with one attached hydrogen (secondary N) is 2. The lowest BCUT2D eigenvalue weighted by molar-refractivity contribution is -0.145. The van der Waals surface area contributed by atoms with E-state index in [0.717, 1.165) is 17.4 Å². The van der Waals surface area contributed by atoms with Crippen LogP contribution in [-0.2, 0) is 33.9 Å². The molecule has 1 unspecified atom stereocenters. The molecule has 0 radical (unpaired) electrons. The van der Waals surface area contributed by atoms with Crippen molar-refractivity contribution >= 4 is 68.9 Å². The zero-order valence-corrected chi connectivity index (χ0v) is 31.2. The van der Waals surface area contributed by atoms with Gasteiger partial charge in [0.05, 0.1) is 25.6 Å². The largest absolute Gasteiger partial charge is 0.467 e. The molecule has 2 fully saturated rings. The SMILES string of the molecule is CC(=O)OCC1=C(C(=O)OC(c2ccccc2)c2ccccc2)N2C(=S)[C@@](C)(NC(=O)C(NC(=O)N3CCN(S(C)(=O)=O)C3=O)c3ccco3)[C@@H]2SC1. The van der Waals surface area contributed by atoms with E-state index in [0.29, 0.717) is 14.8 Å². The number of imide groups is 1. The van der Waals surface area contributed by atoms with Crippen molar-refractivity contribution in [2.75, 3.05) is 31.7 Å². The van der Waals surface area contributed by atoms with E-state index in [-0.39, 0.29) is 41.9 Å². The van der Waals surface area contributed by atoms with Crippen LogP contribution in [0.25, 0.3) is 0 Å². The van der Waals surface area contributed by atoms with Crippen molar-refractivity contribution in [1.82, 2.24) is 24.7 Å². The number of amides is 5. The third-order valence-corrected chi connectivity index (χ3v) is 12.1. The number of nitrogens with zero attached hydrogens (tertiary/aromatic N) is 3. The van der Waals surface area contributed by atoms with Crippen LogP contribution in [0.4, 0.5) is 9.59 Å². The van der Waals surface area contributed by atoms with Crippen LogP contribution in [0.2, 0.25) is 0 Å². The average molecular weight is 782 g/mol. The van der Waals surface area contributed by atoms with Gasteiger partial charge in [0.15, 0.2) is 12.1 Å². The molecule has 2 N–H and O–H groups in total. The molecule has 1 aromatic heterocycles. The summed E-state index contributed by atoms with van der Waals surface area (Å²) >= 11 is 7.21. The molecule has 5 amide bonds. The van der Waals surface area contributed by atoms with Crippen LogP contribution in [0.1, 0.15) is 42.9 Å². The van der Waals surface area contributed by atoms with Crippen molar-refractivity contribution < 1.29 is 46.3 Å². The minimum atomic E-state index is -3.92. The number of carbonyl (C=O) groups is 5. The summed E-state index contributed by atoms with van der Waals surface area (Å²) < 4.78 is 41.5. The number of ether oxygens (including phenoxy) is 2. The fourth-order valence-corrected chi connectivity index (χ4v) is 8.94. The number of rotatable bonds is 11. The molecule has 0 spiro atoms. The topological polar surface area (TPSA) is 185 Å². The van der Waals surface area contributed by atoms with Gasteiger partial charge in [0.2, 0.25) is 10.0 Å². The summed E-state index contributed by atoms with van der Waals surface area (Å²) in [6, 6.07) is 17.8. The summed E-state index contributed by atoms with van der Waals surface area (Å²) in [5.74, 6) is -1.76. The minimum absolute atomic E-state index is 0.0326. The Morgan fingerprint density at radius 2 is 1.66 bits per heavy atom. The van der Waals surface area contributed by atoms with Crippen LogP contribution in [-0.4, -0.2) is 100 Å². The smallest absolute Gasteiger partial charge is 0.356 e. The average Bonchev–Trinajstić information content (AvgIpc) is 3.82. The van der Waals surface area contributed by atoms with Crippen LogP contribution in [0.5, 0.6) is 0 Å². The summed E-state index contributed by atoms with van der Waals surface area (Å²) in [4.78, 5) is 68.5. The number of esters is 2. The molecule has 2 aromatic carbocycles. The Kier molecular flexibility index (Phi) is 10.7. The van der Waals surface area contributed by atoms with E-state index in [1.807, 2.05) is 60.7 Å². The first-order valence-electron chi connectivity index (χ1n) is 16.3. The minimum Gasteiger partial charge on any atom is -0.467 e. The van der Waals surface area contributed by atoms with E-state index in [1.54, 1.807) is 11.8 Å². The van der Waals surface area contributed by atoms with E-state index in [2.05, 4.69) is 10.6 Å². The van der Waals surface area contributed by atoms with Gasteiger partial charge in [0.25, 0.3) is 5.91 Å². The number of sulfonamides is 1. The predicted molar refractivity (Wildman–Crippen MR) is 195 cm³/mol. The molecule has 3 atom stereocenters. The van der Waals surface area contributed by atoms with Crippen LogP contribution in [0.15, 0.2) is 94.7 Å². The Hall–Kier alpha value is -5.20. The second-order valence-electron chi connectivity index (χ2n) is 12.5. The summed E-state index contributed by atoms with van der Waals surface area (Å²) in [7, 11) is -3.92. The molecule has 0 aliphatic carbocycles. The molecule has 3 aromatic rings. The fraction of sp³-hybridized carbons (Fsp3) is 0.314. The van der Waals surface area contributed by atoms with Crippen molar-refractivity contribution in [2.45, 2.75) is 36.9 Å². The molecule has 18 heteroatoms. The number of hydrogen-bond acceptors (Lipinski definition) is 12. The number of thiocarbonyl (C=S) groups is 1. The Morgan fingerprint density at radius 3 is 2.21 bits per heavy atom. The number of fused-ring (bicyclic) bond motifs is 1. The van der Waals surface area contributed by atoms with Gasteiger partial charge < -0.3 is 29.4 Å². The van der Waals surface area contributed by atoms with Crippen molar-refractivity contribution in [3.05, 3.63) is 107 Å². The van der Waals surface area contributed by atoms with Crippen LogP contribution in [0, 0.1) is 0 Å². The lowest BCUT2D eigenvalue weighted by Crippen LogP contribution is -2.78. The highest BCUT2D eigenvalue weighted by Gasteiger charge is 2.60. The van der Waals surface area contributed by atoms with Crippen molar-refractivity contribution in [3.63, 3.8) is 0 Å². The van der Waals surface area contributed by atoms with E-state index >= 15 is 0 Å². The molecular weight excluding hydrogens is 747 g/mol. The third-order valence-electron chi connectivity index (χ3n) is 8.81. The Bertz CT molecular complexity index is 2040. The van der Waals surface area contributed by atoms with Crippen LogP contribution in [0.3, 0.4) is 0 Å². The van der Waals surface area contributed by atoms with Gasteiger partial charge in [-0.15, -0.1) is 11.8 Å². The van der Waals surface area contributed by atoms with Crippen molar-refractivity contribution in [3.8, 4) is 0 Å². The molecule has 3 aliphatic rings. The molecule has 15 nitrogen and oxygen atoms in total. The van der Waals surface area contributed by atoms with Crippen LogP contribution < -0.4 is 10.6 Å². The highest BCUT2D eigenvalue weighted by atomic mass is 32.2. The first kappa shape index (κ1) is 37.6. The first-order chi connectivity index (χ1) is 25.2. The van der Waals surface area contributed by atoms with Crippen LogP contribution >= 0.6 is 24.0 Å². The van der Waals surface area contributed by atoms with Gasteiger partial charge >= 0.3 is 24.0 Å². The second-order valence-corrected chi connectivity index (χ2v) is 15.9. The van der Waals surface area contributed by atoms with Crippen molar-refractivity contribution in [1.29, 1.82) is 0 Å². The highest BCUT2D eigenvalue weighted by molar-refractivity contribution is 8.00. The number of thioether (sulfide) groups is 1. The van der Waals surface area contributed by atoms with E-state index < -0.39 is 63.0 Å². The van der Waals surface area contributed by atoms with Gasteiger partial charge in [0, 0.05) is 18.2 Å². The fourth-order valence-electron chi connectivity index (χ4n) is 6.20. The molecular formula is C35H35N5O10S3. The zero-order valence-electron chi connectivity index (χ0n) is 28.7. The number of urea groups is 2. The normalized spacial score (nSPS) is 20.5. The van der Waals surface area contributed by atoms with Gasteiger partial charge in [-0.2, -0.15) is 0 Å². The molecule has 278 valence electrons. The zero-order chi connectivity index (χ0) is 38.1. The molecule has 0 saturated carbocycles. The summed E-state index contributed by atoms with van der Waals surface area (Å²) in [6.45, 7) is 2.28. The van der Waals surface area contributed by atoms with E-state index in [9.17, 15) is 32.4 Å². The molecule has 0 bridgehead atoms. The van der Waals surface area contributed by atoms with Gasteiger partial charge in [-0.25, -0.2) is 32.0 Å². The maximum absolute atomic E-state index is 14.2. The number of hydrogen-bond donors (Lipinski definition) is 2. The van der Waals surface area contributed by atoms with E-state index in [4.69, 9.17) is 26.1 Å². The third kappa shape index (κ3) is 7.51. The maximum atomic E-state index is 14.2. The van der Waals surface area contributed by atoms with Gasteiger partial charge in [0.1, 0.15) is 34.0 Å². The van der Waals surface area contributed by atoms with Gasteiger partial charge in [-0.3, -0.25) is 9.59 Å². The van der Waals surface area contributed by atoms with Gasteiger partial charge in [-0.05, 0) is 30.2 Å². The predicted octanol–water partition coefficient (Wildman–Crippen LogP) is 3.47. The lowest BCUT2D eigenvalue weighted by Gasteiger charge is -2.58. The van der Waals surface area contributed by atoms with Crippen molar-refractivity contribution in [2.24, 2.45) is 0 Å². The number of carbonyl (C=O) groups excluding carboxylic acids is 5. The summed E-state index contributed by atoms with van der Waals surface area (Å²) in [6.07, 6.45) is 1.37.